The molecule has 1 aliphatic heterocycles. The van der Waals surface area contributed by atoms with Crippen molar-refractivity contribution in [2.24, 2.45) is 0 Å². The fourth-order valence-electron chi connectivity index (χ4n) is 3.11. The number of amides is 2. The molecule has 0 fully saturated rings. The van der Waals surface area contributed by atoms with E-state index in [2.05, 4.69) is 31.4 Å². The predicted molar refractivity (Wildman–Crippen MR) is 96.2 cm³/mol. The summed E-state index contributed by atoms with van der Waals surface area (Å²) in [6.07, 6.45) is 0.167. The smallest absolute Gasteiger partial charge is 0.232 e. The van der Waals surface area contributed by atoms with Crippen LogP contribution in [0.2, 0.25) is 0 Å². The van der Waals surface area contributed by atoms with Crippen LogP contribution in [0.5, 0.6) is 0 Å². The Morgan fingerprint density at radius 1 is 1.08 bits per heavy atom. The Morgan fingerprint density at radius 3 is 2.50 bits per heavy atom. The van der Waals surface area contributed by atoms with Gasteiger partial charge < -0.3 is 10.6 Å². The number of rotatable bonds is 2. The maximum atomic E-state index is 12.9. The molecule has 2 aromatic carbocycles. The van der Waals surface area contributed by atoms with Gasteiger partial charge in [-0.2, -0.15) is 0 Å². The third-order valence-corrected chi connectivity index (χ3v) is 4.31. The highest BCUT2D eigenvalue weighted by atomic mass is 16.2. The second kappa shape index (κ2) is 6.11. The third kappa shape index (κ3) is 3.18. The number of nitrogens with one attached hydrogen (secondary N) is 2. The number of para-hydroxylation sites is 2. The Labute approximate surface area is 142 Å². The Bertz CT molecular complexity index is 790. The maximum absolute atomic E-state index is 12.9. The average molecular weight is 322 g/mol. The van der Waals surface area contributed by atoms with Crippen LogP contribution in [0.4, 0.5) is 11.4 Å². The lowest BCUT2D eigenvalue weighted by Gasteiger charge is -2.27. The highest BCUT2D eigenvalue weighted by Crippen LogP contribution is 2.34. The van der Waals surface area contributed by atoms with Gasteiger partial charge >= 0.3 is 0 Å². The van der Waals surface area contributed by atoms with Gasteiger partial charge in [0.25, 0.3) is 0 Å². The fraction of sp³-hybridized carbons (Fsp3) is 0.300. The van der Waals surface area contributed by atoms with Crippen LogP contribution < -0.4 is 10.6 Å². The molecule has 2 N–H and O–H groups in total. The Kier molecular flexibility index (Phi) is 4.14. The van der Waals surface area contributed by atoms with Crippen molar-refractivity contribution >= 4 is 23.2 Å². The predicted octanol–water partition coefficient (Wildman–Crippen LogP) is 4.05. The minimum atomic E-state index is -0.469. The van der Waals surface area contributed by atoms with E-state index in [0.29, 0.717) is 0 Å². The zero-order valence-electron chi connectivity index (χ0n) is 14.2. The zero-order valence-corrected chi connectivity index (χ0v) is 14.2. The summed E-state index contributed by atoms with van der Waals surface area (Å²) >= 11 is 0. The van der Waals surface area contributed by atoms with Crippen LogP contribution in [0, 0.1) is 0 Å². The zero-order chi connectivity index (χ0) is 17.3. The molecule has 2 aromatic rings. The first-order valence-electron chi connectivity index (χ1n) is 8.15. The minimum absolute atomic E-state index is 0.0777. The molecule has 0 bridgehead atoms. The number of carbonyl (C=O) groups excluding carboxylic acids is 2. The molecule has 0 saturated heterocycles. The molecular weight excluding hydrogens is 300 g/mol. The van der Waals surface area contributed by atoms with Crippen LogP contribution in [-0.2, 0) is 15.0 Å². The van der Waals surface area contributed by atoms with Crippen LogP contribution >= 0.6 is 0 Å². The molecule has 0 aliphatic carbocycles. The lowest BCUT2D eigenvalue weighted by Crippen LogP contribution is -2.31. The molecule has 124 valence electrons. The summed E-state index contributed by atoms with van der Waals surface area (Å²) in [7, 11) is 0. The van der Waals surface area contributed by atoms with Gasteiger partial charge in [-0.05, 0) is 28.7 Å². The van der Waals surface area contributed by atoms with E-state index < -0.39 is 5.92 Å². The van der Waals surface area contributed by atoms with Gasteiger partial charge in [-0.1, -0.05) is 57.2 Å². The van der Waals surface area contributed by atoms with E-state index in [-0.39, 0.29) is 23.7 Å². The Hall–Kier alpha value is -2.62. The first-order valence-corrected chi connectivity index (χ1v) is 8.15. The van der Waals surface area contributed by atoms with E-state index in [1.165, 1.54) is 0 Å². The molecule has 1 heterocycles. The van der Waals surface area contributed by atoms with E-state index in [1.807, 2.05) is 48.5 Å². The van der Waals surface area contributed by atoms with Gasteiger partial charge in [0.1, 0.15) is 0 Å². The van der Waals surface area contributed by atoms with Crippen molar-refractivity contribution in [2.75, 3.05) is 10.6 Å². The number of benzene rings is 2. The van der Waals surface area contributed by atoms with Gasteiger partial charge in [-0.3, -0.25) is 9.59 Å². The summed E-state index contributed by atoms with van der Waals surface area (Å²) < 4.78 is 0. The molecule has 24 heavy (non-hydrogen) atoms. The van der Waals surface area contributed by atoms with Crippen LogP contribution in [0.3, 0.4) is 0 Å². The second-order valence-corrected chi connectivity index (χ2v) is 7.18. The van der Waals surface area contributed by atoms with Gasteiger partial charge in [-0.15, -0.1) is 0 Å². The van der Waals surface area contributed by atoms with Crippen LogP contribution in [-0.4, -0.2) is 11.8 Å². The number of hydrogen-bond donors (Lipinski definition) is 2. The number of carbonyl (C=O) groups is 2. The molecule has 4 heteroatoms. The molecule has 1 aliphatic rings. The Morgan fingerprint density at radius 2 is 1.75 bits per heavy atom. The minimum Gasteiger partial charge on any atom is -0.326 e. The quantitative estimate of drug-likeness (QED) is 0.876. The van der Waals surface area contributed by atoms with Crippen LogP contribution in [0.1, 0.15) is 44.2 Å². The lowest BCUT2D eigenvalue weighted by atomic mass is 9.85. The van der Waals surface area contributed by atoms with E-state index >= 15 is 0 Å². The summed E-state index contributed by atoms with van der Waals surface area (Å²) in [4.78, 5) is 24.8. The lowest BCUT2D eigenvalue weighted by molar-refractivity contribution is -0.123. The van der Waals surface area contributed by atoms with E-state index in [0.717, 1.165) is 22.5 Å². The van der Waals surface area contributed by atoms with Crippen molar-refractivity contribution in [3.05, 3.63) is 59.7 Å². The summed E-state index contributed by atoms with van der Waals surface area (Å²) in [6.45, 7) is 6.34. The largest absolute Gasteiger partial charge is 0.326 e. The molecule has 1 unspecified atom stereocenters. The van der Waals surface area contributed by atoms with Gasteiger partial charge in [0.05, 0.1) is 5.92 Å². The Balaban J connectivity index is 1.91. The molecule has 1 atom stereocenters. The molecule has 0 spiro atoms. The van der Waals surface area contributed by atoms with E-state index in [4.69, 9.17) is 0 Å². The van der Waals surface area contributed by atoms with Crippen molar-refractivity contribution in [3.8, 4) is 0 Å². The standard InChI is InChI=1S/C20H22N2O2/c1-20(2,3)15-9-5-7-11-17(15)22-19(24)14-12-18(23)21-16-10-6-4-8-13(14)16/h4-11,14H,12H2,1-3H3,(H,21,23)(H,22,24). The molecule has 3 rings (SSSR count). The summed E-state index contributed by atoms with van der Waals surface area (Å²) in [5.41, 5.74) is 3.39. The fourth-order valence-corrected chi connectivity index (χ4v) is 3.11. The molecule has 0 aromatic heterocycles. The van der Waals surface area contributed by atoms with Gasteiger partial charge in [0.15, 0.2) is 0 Å². The first kappa shape index (κ1) is 16.2. The molecular formula is C20H22N2O2. The van der Waals surface area contributed by atoms with Crippen molar-refractivity contribution in [1.82, 2.24) is 0 Å². The topological polar surface area (TPSA) is 58.2 Å². The number of hydrogen-bond acceptors (Lipinski definition) is 2. The van der Waals surface area contributed by atoms with Crippen LogP contribution in [0.25, 0.3) is 0 Å². The van der Waals surface area contributed by atoms with E-state index in [1.54, 1.807) is 0 Å². The summed E-state index contributed by atoms with van der Waals surface area (Å²) in [5.74, 6) is -0.741. The maximum Gasteiger partial charge on any atom is 0.232 e. The SMILES string of the molecule is CC(C)(C)c1ccccc1NC(=O)C1CC(=O)Nc2ccccc21. The number of anilines is 2. The van der Waals surface area contributed by atoms with Crippen molar-refractivity contribution in [2.45, 2.75) is 38.5 Å². The highest BCUT2D eigenvalue weighted by Gasteiger charge is 2.31. The van der Waals surface area contributed by atoms with Crippen molar-refractivity contribution in [3.63, 3.8) is 0 Å². The van der Waals surface area contributed by atoms with E-state index in [9.17, 15) is 9.59 Å². The number of fused-ring (bicyclic) bond motifs is 1. The third-order valence-electron chi connectivity index (χ3n) is 4.31. The molecule has 4 nitrogen and oxygen atoms in total. The van der Waals surface area contributed by atoms with Gasteiger partial charge in [0, 0.05) is 17.8 Å². The second-order valence-electron chi connectivity index (χ2n) is 7.18. The summed E-state index contributed by atoms with van der Waals surface area (Å²) in [5, 5.41) is 5.85. The monoisotopic (exact) mass is 322 g/mol. The molecule has 2 amide bonds. The van der Waals surface area contributed by atoms with Crippen LogP contribution in [0.15, 0.2) is 48.5 Å². The van der Waals surface area contributed by atoms with Gasteiger partial charge in [0.2, 0.25) is 11.8 Å². The van der Waals surface area contributed by atoms with Gasteiger partial charge in [-0.25, -0.2) is 0 Å². The normalized spacial score (nSPS) is 17.0. The van der Waals surface area contributed by atoms with Crippen molar-refractivity contribution < 1.29 is 9.59 Å². The molecule has 0 radical (unpaired) electrons. The highest BCUT2D eigenvalue weighted by molar-refractivity contribution is 6.05. The average Bonchev–Trinajstić information content (AvgIpc) is 2.53. The molecule has 0 saturated carbocycles. The first-order chi connectivity index (χ1) is 11.4. The summed E-state index contributed by atoms with van der Waals surface area (Å²) in [6, 6.07) is 15.3. The van der Waals surface area contributed by atoms with Crippen molar-refractivity contribution in [1.29, 1.82) is 0 Å².